The molecule has 0 saturated carbocycles. The molecular formula is C29H26BrN5O2. The van der Waals surface area contributed by atoms with E-state index < -0.39 is 0 Å². The van der Waals surface area contributed by atoms with Gasteiger partial charge in [0.2, 0.25) is 0 Å². The van der Waals surface area contributed by atoms with Crippen LogP contribution in [0.1, 0.15) is 27.4 Å². The van der Waals surface area contributed by atoms with Gasteiger partial charge in [0, 0.05) is 11.9 Å². The number of carbonyl (C=O) groups excluding carboxylic acids is 1. The fourth-order valence-corrected chi connectivity index (χ4v) is 4.30. The van der Waals surface area contributed by atoms with Gasteiger partial charge >= 0.3 is 0 Å². The Bertz CT molecular complexity index is 1520. The summed E-state index contributed by atoms with van der Waals surface area (Å²) in [6, 6.07) is 27.5. The molecule has 0 atom stereocenters. The molecule has 0 aliphatic carbocycles. The summed E-state index contributed by atoms with van der Waals surface area (Å²) in [6.07, 6.45) is 1.73. The van der Waals surface area contributed by atoms with Crippen LogP contribution in [0, 0.1) is 13.8 Å². The van der Waals surface area contributed by atoms with Crippen molar-refractivity contribution in [1.82, 2.24) is 19.6 Å². The van der Waals surface area contributed by atoms with Crippen LogP contribution in [-0.4, -0.2) is 25.5 Å². The first kappa shape index (κ1) is 24.5. The zero-order valence-electron chi connectivity index (χ0n) is 20.6. The van der Waals surface area contributed by atoms with Crippen LogP contribution in [0.3, 0.4) is 0 Å². The largest absolute Gasteiger partial charge is 0.471 e. The van der Waals surface area contributed by atoms with E-state index in [1.807, 2.05) is 85.3 Å². The molecule has 0 fully saturated rings. The van der Waals surface area contributed by atoms with Crippen LogP contribution in [0.25, 0.3) is 11.1 Å². The van der Waals surface area contributed by atoms with Gasteiger partial charge in [0.05, 0.1) is 22.4 Å². The second-order valence-corrected chi connectivity index (χ2v) is 9.49. The van der Waals surface area contributed by atoms with E-state index in [0.29, 0.717) is 17.9 Å². The minimum absolute atomic E-state index is 0.200. The summed E-state index contributed by atoms with van der Waals surface area (Å²) < 4.78 is 10.4. The van der Waals surface area contributed by atoms with E-state index in [2.05, 4.69) is 43.6 Å². The molecule has 0 aliphatic rings. The Morgan fingerprint density at radius 3 is 2.41 bits per heavy atom. The van der Waals surface area contributed by atoms with Crippen molar-refractivity contribution in [3.05, 3.63) is 118 Å². The van der Waals surface area contributed by atoms with Gasteiger partial charge in [0.1, 0.15) is 5.75 Å². The normalized spacial score (nSPS) is 10.9. The lowest BCUT2D eigenvalue weighted by molar-refractivity contribution is 0.102. The summed E-state index contributed by atoms with van der Waals surface area (Å²) in [7, 11) is 0. The second kappa shape index (κ2) is 10.8. The maximum atomic E-state index is 12.8. The van der Waals surface area contributed by atoms with Crippen molar-refractivity contribution >= 4 is 27.5 Å². The molecule has 3 aromatic carbocycles. The standard InChI is InChI=1S/C29H26BrN5O2/c1-20-28(30)21(2)35(32-20)18-22-7-6-10-25(17-22)31-29(36)27-15-16-34(33-27)19-37-26-13-11-24(12-14-26)23-8-4-3-5-9-23/h3-17H,18-19H2,1-2H3,(H,31,36). The zero-order chi connectivity index (χ0) is 25.8. The maximum absolute atomic E-state index is 12.8. The zero-order valence-corrected chi connectivity index (χ0v) is 22.1. The molecule has 1 amide bonds. The Hall–Kier alpha value is -4.17. The van der Waals surface area contributed by atoms with Gasteiger partial charge in [-0.05, 0) is 76.8 Å². The highest BCUT2D eigenvalue weighted by Crippen LogP contribution is 2.23. The summed E-state index contributed by atoms with van der Waals surface area (Å²) in [5.74, 6) is 0.449. The Morgan fingerprint density at radius 2 is 1.68 bits per heavy atom. The molecule has 7 nitrogen and oxygen atoms in total. The van der Waals surface area contributed by atoms with Crippen LogP contribution in [0.4, 0.5) is 5.69 Å². The molecule has 5 rings (SSSR count). The number of hydrogen-bond acceptors (Lipinski definition) is 4. The van der Waals surface area contributed by atoms with Crippen molar-refractivity contribution < 1.29 is 9.53 Å². The molecule has 0 unspecified atom stereocenters. The molecule has 1 N–H and O–H groups in total. The Morgan fingerprint density at radius 1 is 0.919 bits per heavy atom. The van der Waals surface area contributed by atoms with Crippen molar-refractivity contribution in [3.8, 4) is 16.9 Å². The number of anilines is 1. The molecule has 0 bridgehead atoms. The van der Waals surface area contributed by atoms with Gasteiger partial charge in [-0.2, -0.15) is 10.2 Å². The number of nitrogens with one attached hydrogen (secondary N) is 1. The number of rotatable bonds is 8. The number of ether oxygens (including phenoxy) is 1. The highest BCUT2D eigenvalue weighted by Gasteiger charge is 2.12. The average molecular weight is 556 g/mol. The first-order chi connectivity index (χ1) is 18.0. The molecule has 0 radical (unpaired) electrons. The molecule has 8 heteroatoms. The van der Waals surface area contributed by atoms with Crippen molar-refractivity contribution in [2.24, 2.45) is 0 Å². The predicted octanol–water partition coefficient (Wildman–Crippen LogP) is 6.46. The van der Waals surface area contributed by atoms with Crippen LogP contribution < -0.4 is 10.1 Å². The molecule has 0 spiro atoms. The molecule has 5 aromatic rings. The number of carbonyl (C=O) groups is 1. The number of aryl methyl sites for hydroxylation is 1. The molecule has 186 valence electrons. The minimum Gasteiger partial charge on any atom is -0.471 e. The Balaban J connectivity index is 1.18. The number of benzene rings is 3. The second-order valence-electron chi connectivity index (χ2n) is 8.70. The van der Waals surface area contributed by atoms with Gasteiger partial charge in [-0.1, -0.05) is 54.6 Å². The number of halogens is 1. The van der Waals surface area contributed by atoms with Crippen molar-refractivity contribution in [1.29, 1.82) is 0 Å². The maximum Gasteiger partial charge on any atom is 0.276 e. The van der Waals surface area contributed by atoms with Crippen LogP contribution in [-0.2, 0) is 13.3 Å². The van der Waals surface area contributed by atoms with Crippen molar-refractivity contribution in [2.45, 2.75) is 27.1 Å². The Labute approximate surface area is 223 Å². The molecule has 0 saturated heterocycles. The van der Waals surface area contributed by atoms with Gasteiger partial charge in [-0.15, -0.1) is 0 Å². The van der Waals surface area contributed by atoms with Gasteiger partial charge in [0.15, 0.2) is 12.4 Å². The van der Waals surface area contributed by atoms with Gasteiger partial charge in [-0.25, -0.2) is 4.68 Å². The van der Waals surface area contributed by atoms with E-state index in [0.717, 1.165) is 38.3 Å². The number of hydrogen-bond donors (Lipinski definition) is 1. The molecule has 2 heterocycles. The monoisotopic (exact) mass is 555 g/mol. The van der Waals surface area contributed by atoms with Crippen LogP contribution >= 0.6 is 15.9 Å². The molecule has 37 heavy (non-hydrogen) atoms. The van der Waals surface area contributed by atoms with Gasteiger partial charge < -0.3 is 10.1 Å². The van der Waals surface area contributed by atoms with Crippen LogP contribution in [0.2, 0.25) is 0 Å². The molecule has 0 aliphatic heterocycles. The molecular weight excluding hydrogens is 530 g/mol. The number of amides is 1. The van der Waals surface area contributed by atoms with E-state index >= 15 is 0 Å². The lowest BCUT2D eigenvalue weighted by Crippen LogP contribution is -2.14. The smallest absolute Gasteiger partial charge is 0.276 e. The summed E-state index contributed by atoms with van der Waals surface area (Å²) >= 11 is 3.57. The first-order valence-electron chi connectivity index (χ1n) is 11.9. The first-order valence-corrected chi connectivity index (χ1v) is 12.7. The minimum atomic E-state index is -0.281. The predicted molar refractivity (Wildman–Crippen MR) is 148 cm³/mol. The van der Waals surface area contributed by atoms with E-state index in [4.69, 9.17) is 4.74 Å². The van der Waals surface area contributed by atoms with Crippen LogP contribution in [0.15, 0.2) is 95.6 Å². The highest BCUT2D eigenvalue weighted by molar-refractivity contribution is 9.10. The quantitative estimate of drug-likeness (QED) is 0.238. The Kier molecular flexibility index (Phi) is 7.18. The topological polar surface area (TPSA) is 74.0 Å². The fourth-order valence-electron chi connectivity index (χ4n) is 4.01. The van der Waals surface area contributed by atoms with Gasteiger partial charge in [0.25, 0.3) is 5.91 Å². The van der Waals surface area contributed by atoms with E-state index in [1.54, 1.807) is 16.9 Å². The van der Waals surface area contributed by atoms with Crippen molar-refractivity contribution in [3.63, 3.8) is 0 Å². The summed E-state index contributed by atoms with van der Waals surface area (Å²) in [6.45, 7) is 4.80. The SMILES string of the molecule is Cc1nn(Cc2cccc(NC(=O)c3ccn(COc4ccc(-c5ccccc5)cc4)n3)c2)c(C)c1Br. The summed E-state index contributed by atoms with van der Waals surface area (Å²) in [5, 5.41) is 11.9. The lowest BCUT2D eigenvalue weighted by atomic mass is 10.1. The molecule has 2 aromatic heterocycles. The van der Waals surface area contributed by atoms with E-state index in [1.165, 1.54) is 0 Å². The number of nitrogens with zero attached hydrogens (tertiary/aromatic N) is 4. The summed E-state index contributed by atoms with van der Waals surface area (Å²) in [5.41, 5.74) is 6.34. The number of aromatic nitrogens is 4. The highest BCUT2D eigenvalue weighted by atomic mass is 79.9. The fraction of sp³-hybridized carbons (Fsp3) is 0.138. The summed E-state index contributed by atoms with van der Waals surface area (Å²) in [4.78, 5) is 12.8. The lowest BCUT2D eigenvalue weighted by Gasteiger charge is -2.09. The third kappa shape index (κ3) is 5.81. The third-order valence-electron chi connectivity index (χ3n) is 6.01. The average Bonchev–Trinajstić information content (AvgIpc) is 3.49. The van der Waals surface area contributed by atoms with Gasteiger partial charge in [-0.3, -0.25) is 9.48 Å². The third-order valence-corrected chi connectivity index (χ3v) is 7.16. The van der Waals surface area contributed by atoms with E-state index in [-0.39, 0.29) is 12.6 Å². The van der Waals surface area contributed by atoms with Crippen LogP contribution in [0.5, 0.6) is 5.75 Å². The van der Waals surface area contributed by atoms with E-state index in [9.17, 15) is 4.79 Å². The van der Waals surface area contributed by atoms with Crippen molar-refractivity contribution in [2.75, 3.05) is 5.32 Å².